The van der Waals surface area contributed by atoms with Crippen LogP contribution in [0.15, 0.2) is 83.8 Å². The lowest BCUT2D eigenvalue weighted by atomic mass is 9.94. The number of hydrogen-bond acceptors (Lipinski definition) is 4. The van der Waals surface area contributed by atoms with Crippen LogP contribution in [-0.2, 0) is 10.0 Å². The normalized spacial score (nSPS) is 19.3. The standard InChI is InChI=1S/C23H20ClN3O2S/c24-19-10-6-11-20(13-19)26-22-16-27(15-21(22)17-7-2-1-3-8-17)30(28,29)23-12-5-4-9-18(23)14-25/h1-13,21-22,26H,15-16H2/t21-,22+/m0/s1. The maximum absolute atomic E-state index is 13.4. The van der Waals surface area contributed by atoms with E-state index in [0.29, 0.717) is 11.6 Å². The number of hydrogen-bond donors (Lipinski definition) is 1. The summed E-state index contributed by atoms with van der Waals surface area (Å²) in [5.74, 6) is -0.0470. The minimum absolute atomic E-state index is 0.0442. The summed E-state index contributed by atoms with van der Waals surface area (Å²) in [6, 6.07) is 25.4. The summed E-state index contributed by atoms with van der Waals surface area (Å²) < 4.78 is 28.2. The van der Waals surface area contributed by atoms with Crippen molar-refractivity contribution in [2.75, 3.05) is 18.4 Å². The topological polar surface area (TPSA) is 73.2 Å². The molecule has 1 fully saturated rings. The molecule has 1 aliphatic rings. The SMILES string of the molecule is N#Cc1ccccc1S(=O)(=O)N1C[C@@H](Nc2cccc(Cl)c2)[C@H](c2ccccc2)C1. The summed E-state index contributed by atoms with van der Waals surface area (Å²) in [6.45, 7) is 0.610. The Morgan fingerprint density at radius 1 is 0.967 bits per heavy atom. The van der Waals surface area contributed by atoms with Crippen molar-refractivity contribution in [3.63, 3.8) is 0 Å². The first kappa shape index (κ1) is 20.4. The number of sulfonamides is 1. The Morgan fingerprint density at radius 3 is 2.43 bits per heavy atom. The molecule has 2 atom stereocenters. The first-order valence-corrected chi connectivity index (χ1v) is 11.4. The van der Waals surface area contributed by atoms with Crippen LogP contribution in [0.1, 0.15) is 17.0 Å². The van der Waals surface area contributed by atoms with Gasteiger partial charge in [-0.3, -0.25) is 0 Å². The maximum Gasteiger partial charge on any atom is 0.244 e. The van der Waals surface area contributed by atoms with Gasteiger partial charge in [-0.05, 0) is 35.9 Å². The lowest BCUT2D eigenvalue weighted by Crippen LogP contribution is -2.32. The van der Waals surface area contributed by atoms with Crippen molar-refractivity contribution in [2.45, 2.75) is 16.9 Å². The Bertz CT molecular complexity index is 1190. The smallest absolute Gasteiger partial charge is 0.244 e. The molecule has 0 aromatic heterocycles. The van der Waals surface area contributed by atoms with Crippen LogP contribution in [-0.4, -0.2) is 31.9 Å². The van der Waals surface area contributed by atoms with Gasteiger partial charge < -0.3 is 5.32 Å². The Hall–Kier alpha value is -2.85. The molecule has 0 bridgehead atoms. The van der Waals surface area contributed by atoms with Gasteiger partial charge in [-0.25, -0.2) is 8.42 Å². The number of anilines is 1. The van der Waals surface area contributed by atoms with E-state index >= 15 is 0 Å². The second-order valence-electron chi connectivity index (χ2n) is 7.21. The summed E-state index contributed by atoms with van der Waals surface area (Å²) in [7, 11) is -3.81. The Balaban J connectivity index is 1.69. The molecule has 0 aliphatic carbocycles. The first-order valence-electron chi connectivity index (χ1n) is 9.55. The van der Waals surface area contributed by atoms with Crippen LogP contribution < -0.4 is 5.32 Å². The average Bonchev–Trinajstić information content (AvgIpc) is 3.19. The predicted octanol–water partition coefficient (Wildman–Crippen LogP) is 4.48. The molecular formula is C23H20ClN3O2S. The van der Waals surface area contributed by atoms with Gasteiger partial charge in [0.15, 0.2) is 0 Å². The largest absolute Gasteiger partial charge is 0.380 e. The van der Waals surface area contributed by atoms with Gasteiger partial charge in [0.2, 0.25) is 10.0 Å². The molecule has 0 amide bonds. The van der Waals surface area contributed by atoms with Crippen molar-refractivity contribution in [3.05, 3.63) is 95.0 Å². The number of benzene rings is 3. The van der Waals surface area contributed by atoms with Crippen molar-refractivity contribution in [1.82, 2.24) is 4.31 Å². The van der Waals surface area contributed by atoms with Gasteiger partial charge in [0, 0.05) is 35.8 Å². The van der Waals surface area contributed by atoms with Gasteiger partial charge in [0.25, 0.3) is 0 Å². The quantitative estimate of drug-likeness (QED) is 0.638. The van der Waals surface area contributed by atoms with Crippen LogP contribution >= 0.6 is 11.6 Å². The molecule has 3 aromatic rings. The van der Waals surface area contributed by atoms with Crippen LogP contribution in [0.2, 0.25) is 5.02 Å². The highest BCUT2D eigenvalue weighted by Gasteiger charge is 2.40. The minimum atomic E-state index is -3.81. The summed E-state index contributed by atoms with van der Waals surface area (Å²) in [4.78, 5) is 0.0442. The number of halogens is 1. The zero-order valence-electron chi connectivity index (χ0n) is 16.1. The number of nitrogens with one attached hydrogen (secondary N) is 1. The van der Waals surface area contributed by atoms with E-state index in [4.69, 9.17) is 11.6 Å². The van der Waals surface area contributed by atoms with E-state index < -0.39 is 10.0 Å². The van der Waals surface area contributed by atoms with Gasteiger partial charge in [-0.1, -0.05) is 60.1 Å². The van der Waals surface area contributed by atoms with Crippen molar-refractivity contribution >= 4 is 27.3 Å². The summed E-state index contributed by atoms with van der Waals surface area (Å²) >= 11 is 6.12. The molecule has 0 unspecified atom stereocenters. The predicted molar refractivity (Wildman–Crippen MR) is 118 cm³/mol. The highest BCUT2D eigenvalue weighted by atomic mass is 35.5. The van der Waals surface area contributed by atoms with Crippen LogP contribution in [0.25, 0.3) is 0 Å². The van der Waals surface area contributed by atoms with Gasteiger partial charge in [0.1, 0.15) is 6.07 Å². The van der Waals surface area contributed by atoms with Crippen LogP contribution in [0, 0.1) is 11.3 Å². The van der Waals surface area contributed by atoms with Crippen molar-refractivity contribution in [2.24, 2.45) is 0 Å². The molecule has 0 radical (unpaired) electrons. The van der Waals surface area contributed by atoms with Crippen molar-refractivity contribution < 1.29 is 8.42 Å². The lowest BCUT2D eigenvalue weighted by Gasteiger charge is -2.21. The van der Waals surface area contributed by atoms with Crippen molar-refractivity contribution in [3.8, 4) is 6.07 Å². The Labute approximate surface area is 181 Å². The molecule has 0 saturated carbocycles. The van der Waals surface area contributed by atoms with Crippen LogP contribution in [0.4, 0.5) is 5.69 Å². The highest BCUT2D eigenvalue weighted by molar-refractivity contribution is 7.89. The van der Waals surface area contributed by atoms with Gasteiger partial charge >= 0.3 is 0 Å². The third kappa shape index (κ3) is 4.05. The van der Waals surface area contributed by atoms with Crippen molar-refractivity contribution in [1.29, 1.82) is 5.26 Å². The summed E-state index contributed by atoms with van der Waals surface area (Å²) in [5.41, 5.74) is 2.05. The van der Waals surface area contributed by atoms with E-state index in [-0.39, 0.29) is 29.0 Å². The molecule has 1 heterocycles. The number of nitrogens with zero attached hydrogens (tertiary/aromatic N) is 2. The van der Waals surface area contributed by atoms with Gasteiger partial charge in [-0.15, -0.1) is 0 Å². The van der Waals surface area contributed by atoms with E-state index in [0.717, 1.165) is 11.3 Å². The zero-order valence-corrected chi connectivity index (χ0v) is 17.6. The van der Waals surface area contributed by atoms with E-state index in [1.54, 1.807) is 18.2 Å². The van der Waals surface area contributed by atoms with Gasteiger partial charge in [0.05, 0.1) is 10.5 Å². The van der Waals surface area contributed by atoms with Gasteiger partial charge in [-0.2, -0.15) is 9.57 Å². The van der Waals surface area contributed by atoms with Crippen LogP contribution in [0.5, 0.6) is 0 Å². The minimum Gasteiger partial charge on any atom is -0.380 e. The molecule has 1 saturated heterocycles. The molecule has 5 nitrogen and oxygen atoms in total. The molecule has 1 aliphatic heterocycles. The maximum atomic E-state index is 13.4. The third-order valence-corrected chi connectivity index (χ3v) is 7.44. The number of rotatable bonds is 5. The fraction of sp³-hybridized carbons (Fsp3) is 0.174. The Morgan fingerprint density at radius 2 is 1.70 bits per heavy atom. The monoisotopic (exact) mass is 437 g/mol. The highest BCUT2D eigenvalue weighted by Crippen LogP contribution is 2.34. The van der Waals surface area contributed by atoms with E-state index in [1.807, 2.05) is 54.6 Å². The fourth-order valence-electron chi connectivity index (χ4n) is 3.86. The van der Waals surface area contributed by atoms with E-state index in [1.165, 1.54) is 16.4 Å². The van der Waals surface area contributed by atoms with Crippen LogP contribution in [0.3, 0.4) is 0 Å². The molecule has 7 heteroatoms. The van der Waals surface area contributed by atoms with E-state index in [2.05, 4.69) is 5.32 Å². The molecule has 0 spiro atoms. The van der Waals surface area contributed by atoms with E-state index in [9.17, 15) is 13.7 Å². The molecule has 152 valence electrons. The molecule has 30 heavy (non-hydrogen) atoms. The number of nitriles is 1. The summed E-state index contributed by atoms with van der Waals surface area (Å²) in [5, 5.41) is 13.4. The fourth-order valence-corrected chi connectivity index (χ4v) is 5.69. The average molecular weight is 438 g/mol. The Kier molecular flexibility index (Phi) is 5.78. The molecule has 3 aromatic carbocycles. The summed E-state index contributed by atoms with van der Waals surface area (Å²) in [6.07, 6.45) is 0. The third-order valence-electron chi connectivity index (χ3n) is 5.32. The molecule has 4 rings (SSSR count). The lowest BCUT2D eigenvalue weighted by molar-refractivity contribution is 0.471. The second-order valence-corrected chi connectivity index (χ2v) is 9.55. The molecular weight excluding hydrogens is 418 g/mol. The molecule has 1 N–H and O–H groups in total. The second kappa shape index (κ2) is 8.49. The zero-order chi connectivity index (χ0) is 21.1. The first-order chi connectivity index (χ1) is 14.5.